The molecule has 1 aromatic heterocycles. The summed E-state index contributed by atoms with van der Waals surface area (Å²) >= 11 is 0. The Morgan fingerprint density at radius 2 is 1.90 bits per heavy atom. The van der Waals surface area contributed by atoms with Gasteiger partial charge in [0.15, 0.2) is 0 Å². The van der Waals surface area contributed by atoms with Crippen molar-refractivity contribution >= 4 is 29.3 Å². The molecule has 3 aliphatic rings. The zero-order valence-electron chi connectivity index (χ0n) is 22.8. The molecule has 8 heteroatoms. The molecule has 1 fully saturated rings. The minimum absolute atomic E-state index is 0.0642. The maximum atomic E-state index is 13.5. The van der Waals surface area contributed by atoms with Crippen LogP contribution in [0.25, 0.3) is 11.1 Å². The van der Waals surface area contributed by atoms with E-state index in [9.17, 15) is 14.4 Å². The summed E-state index contributed by atoms with van der Waals surface area (Å²) < 4.78 is 0. The molecule has 0 spiro atoms. The van der Waals surface area contributed by atoms with Gasteiger partial charge in [0.1, 0.15) is 0 Å². The van der Waals surface area contributed by atoms with Crippen molar-refractivity contribution in [2.24, 2.45) is 17.8 Å². The predicted octanol–water partition coefficient (Wildman–Crippen LogP) is 6.62. The second kappa shape index (κ2) is 11.6. The Morgan fingerprint density at radius 3 is 2.67 bits per heavy atom. The van der Waals surface area contributed by atoms with Crippen LogP contribution in [0.5, 0.6) is 0 Å². The van der Waals surface area contributed by atoms with E-state index in [0.29, 0.717) is 36.2 Å². The molecule has 3 N–H and O–H groups in total. The second-order valence-electron chi connectivity index (χ2n) is 11.5. The number of aromatic nitrogens is 1. The molecule has 206 valence electrons. The van der Waals surface area contributed by atoms with Gasteiger partial charge in [-0.15, -0.1) is 0 Å². The molecular formula is C31H38N4O4. The average Bonchev–Trinajstić information content (AvgIpc) is 2.91. The standard InChI is InChI=1S/C31H38N4O4/c1-19-5-3-7-21(15-19)22-12-14-35(29(36)17-22)28-8-4-6-20(2)30(37)34-26-18-24(33-31(38)39)9-10-25(26)23-11-13-32-27(28)16-23/h9-11,13,16-21,28,33H,3-8,12,14-15H2,1-2H3,(H,34,37)(H,38,39)/t19?,20-,21?,28+/m1/s1. The minimum atomic E-state index is -1.17. The van der Waals surface area contributed by atoms with Crippen LogP contribution in [0.1, 0.15) is 76.9 Å². The number of nitrogens with one attached hydrogen (secondary N) is 2. The number of pyridine rings is 1. The van der Waals surface area contributed by atoms with Crippen LogP contribution in [0, 0.1) is 17.8 Å². The van der Waals surface area contributed by atoms with Gasteiger partial charge in [-0.05, 0) is 73.8 Å². The van der Waals surface area contributed by atoms with E-state index in [4.69, 9.17) is 10.1 Å². The number of carbonyl (C=O) groups is 3. The van der Waals surface area contributed by atoms with Crippen LogP contribution in [-0.4, -0.2) is 39.4 Å². The first kappa shape index (κ1) is 26.9. The lowest BCUT2D eigenvalue weighted by Gasteiger charge is -2.37. The van der Waals surface area contributed by atoms with Crippen molar-refractivity contribution < 1.29 is 19.5 Å². The summed E-state index contributed by atoms with van der Waals surface area (Å²) in [5, 5.41) is 14.5. The van der Waals surface area contributed by atoms with Crippen LogP contribution in [0.4, 0.5) is 16.2 Å². The summed E-state index contributed by atoms with van der Waals surface area (Å²) in [6.07, 6.45) is 10.4. The number of carbonyl (C=O) groups excluding carboxylic acids is 2. The van der Waals surface area contributed by atoms with E-state index < -0.39 is 6.09 Å². The van der Waals surface area contributed by atoms with Gasteiger partial charge in [0.05, 0.1) is 17.4 Å². The van der Waals surface area contributed by atoms with Gasteiger partial charge in [0, 0.05) is 36.0 Å². The third-order valence-electron chi connectivity index (χ3n) is 8.59. The normalized spacial score (nSPS) is 25.9. The number of hydrogen-bond donors (Lipinski definition) is 3. The number of carboxylic acid groups (broad SMARTS) is 1. The number of rotatable bonds is 3. The Labute approximate surface area is 229 Å². The first-order chi connectivity index (χ1) is 18.8. The monoisotopic (exact) mass is 530 g/mol. The molecule has 0 saturated heterocycles. The molecule has 2 unspecified atom stereocenters. The summed E-state index contributed by atoms with van der Waals surface area (Å²) in [6, 6.07) is 8.83. The van der Waals surface area contributed by atoms with Crippen LogP contribution in [0.3, 0.4) is 0 Å². The average molecular weight is 531 g/mol. The molecule has 2 aliphatic heterocycles. The zero-order valence-corrected chi connectivity index (χ0v) is 22.8. The topological polar surface area (TPSA) is 112 Å². The Balaban J connectivity index is 1.48. The molecule has 1 saturated carbocycles. The van der Waals surface area contributed by atoms with Crippen LogP contribution >= 0.6 is 0 Å². The summed E-state index contributed by atoms with van der Waals surface area (Å²) in [4.78, 5) is 44.5. The number of anilines is 2. The Hall–Kier alpha value is -3.68. The van der Waals surface area contributed by atoms with Gasteiger partial charge in [0.25, 0.3) is 0 Å². The number of fused-ring (bicyclic) bond motifs is 4. The van der Waals surface area contributed by atoms with Crippen LogP contribution in [-0.2, 0) is 9.59 Å². The summed E-state index contributed by atoms with van der Waals surface area (Å²) in [7, 11) is 0. The third-order valence-corrected chi connectivity index (χ3v) is 8.59. The Morgan fingerprint density at radius 1 is 1.08 bits per heavy atom. The Kier molecular flexibility index (Phi) is 8.00. The fourth-order valence-corrected chi connectivity index (χ4v) is 6.44. The first-order valence-electron chi connectivity index (χ1n) is 14.2. The van der Waals surface area contributed by atoms with Crippen LogP contribution in [0.15, 0.2) is 48.2 Å². The van der Waals surface area contributed by atoms with Crippen molar-refractivity contribution in [3.05, 3.63) is 53.9 Å². The van der Waals surface area contributed by atoms with E-state index in [-0.39, 0.29) is 23.8 Å². The van der Waals surface area contributed by atoms with Crippen molar-refractivity contribution in [2.45, 2.75) is 71.3 Å². The van der Waals surface area contributed by atoms with Crippen molar-refractivity contribution in [1.82, 2.24) is 9.88 Å². The molecular weight excluding hydrogens is 492 g/mol. The molecule has 4 atom stereocenters. The van der Waals surface area contributed by atoms with E-state index >= 15 is 0 Å². The highest BCUT2D eigenvalue weighted by Crippen LogP contribution is 2.39. The van der Waals surface area contributed by atoms with E-state index in [1.807, 2.05) is 30.0 Å². The van der Waals surface area contributed by atoms with Gasteiger partial charge >= 0.3 is 6.09 Å². The van der Waals surface area contributed by atoms with Crippen molar-refractivity contribution in [1.29, 1.82) is 0 Å². The third kappa shape index (κ3) is 6.15. The number of amides is 3. The van der Waals surface area contributed by atoms with E-state index in [0.717, 1.165) is 36.1 Å². The molecule has 3 heterocycles. The van der Waals surface area contributed by atoms with Crippen LogP contribution < -0.4 is 10.6 Å². The fraction of sp³-hybridized carbons (Fsp3) is 0.484. The van der Waals surface area contributed by atoms with Crippen molar-refractivity contribution in [2.75, 3.05) is 17.2 Å². The Bertz CT molecular complexity index is 1290. The minimum Gasteiger partial charge on any atom is -0.465 e. The highest BCUT2D eigenvalue weighted by molar-refractivity contribution is 5.98. The molecule has 8 nitrogen and oxygen atoms in total. The molecule has 39 heavy (non-hydrogen) atoms. The van der Waals surface area contributed by atoms with Gasteiger partial charge in [-0.2, -0.15) is 0 Å². The zero-order chi connectivity index (χ0) is 27.5. The van der Waals surface area contributed by atoms with E-state index in [2.05, 4.69) is 17.6 Å². The van der Waals surface area contributed by atoms with Crippen molar-refractivity contribution in [3.8, 4) is 11.1 Å². The fourth-order valence-electron chi connectivity index (χ4n) is 6.44. The lowest BCUT2D eigenvalue weighted by Crippen LogP contribution is -2.39. The van der Waals surface area contributed by atoms with E-state index in [1.54, 1.807) is 24.4 Å². The predicted molar refractivity (Wildman–Crippen MR) is 151 cm³/mol. The van der Waals surface area contributed by atoms with Crippen molar-refractivity contribution in [3.63, 3.8) is 0 Å². The van der Waals surface area contributed by atoms with Gasteiger partial charge < -0.3 is 15.3 Å². The SMILES string of the molecule is CC1CCCC(C2=CC(=O)N([C@H]3CCC[C@@H](C)C(=O)Nc4cc(NC(=O)O)ccc4-c4ccnc3c4)CC2)C1. The molecule has 1 aromatic carbocycles. The first-order valence-corrected chi connectivity index (χ1v) is 14.2. The smallest absolute Gasteiger partial charge is 0.409 e. The lowest BCUT2D eigenvalue weighted by molar-refractivity contribution is -0.129. The highest BCUT2D eigenvalue weighted by Gasteiger charge is 2.32. The van der Waals surface area contributed by atoms with Crippen LogP contribution in [0.2, 0.25) is 0 Å². The highest BCUT2D eigenvalue weighted by atomic mass is 16.4. The molecule has 2 bridgehead atoms. The molecule has 2 aromatic rings. The van der Waals surface area contributed by atoms with E-state index in [1.165, 1.54) is 31.3 Å². The maximum Gasteiger partial charge on any atom is 0.409 e. The molecule has 0 radical (unpaired) electrons. The summed E-state index contributed by atoms with van der Waals surface area (Å²) in [5.74, 6) is 0.952. The van der Waals surface area contributed by atoms with Gasteiger partial charge in [-0.25, -0.2) is 4.79 Å². The largest absolute Gasteiger partial charge is 0.465 e. The lowest BCUT2D eigenvalue weighted by atomic mass is 9.77. The molecule has 5 rings (SSSR count). The number of hydrogen-bond acceptors (Lipinski definition) is 4. The number of benzene rings is 1. The van der Waals surface area contributed by atoms with Gasteiger partial charge in [-0.3, -0.25) is 19.9 Å². The number of nitrogens with zero attached hydrogens (tertiary/aromatic N) is 2. The molecule has 1 aliphatic carbocycles. The maximum absolute atomic E-state index is 13.5. The summed E-state index contributed by atoms with van der Waals surface area (Å²) in [5.41, 5.74) is 4.68. The quantitative estimate of drug-likeness (QED) is 0.413. The second-order valence-corrected chi connectivity index (χ2v) is 11.5. The molecule has 3 amide bonds. The van der Waals surface area contributed by atoms with Gasteiger partial charge in [0.2, 0.25) is 11.8 Å². The van der Waals surface area contributed by atoms with Gasteiger partial charge in [-0.1, -0.05) is 44.7 Å². The summed E-state index contributed by atoms with van der Waals surface area (Å²) in [6.45, 7) is 4.90.